The summed E-state index contributed by atoms with van der Waals surface area (Å²) in [7, 11) is 0. The molecule has 0 atom stereocenters. The molecule has 1 fully saturated rings. The van der Waals surface area contributed by atoms with E-state index < -0.39 is 0 Å². The number of hydrogen-bond acceptors (Lipinski definition) is 3. The molecule has 0 aromatic carbocycles. The fraction of sp³-hybridized carbons (Fsp3) is 0.667. The Labute approximate surface area is 96.3 Å². The second-order valence-electron chi connectivity index (χ2n) is 4.16. The normalized spacial score (nSPS) is 17.9. The molecule has 1 N–H and O–H groups in total. The molecular formula is C12H20N2S. The highest BCUT2D eigenvalue weighted by Gasteiger charge is 2.08. The number of likely N-dealkylation sites (tertiary alicyclic amines) is 1. The largest absolute Gasteiger partial charge is 0.377 e. The number of nitrogens with zero attached hydrogens (tertiary/aromatic N) is 1. The Morgan fingerprint density at radius 2 is 2.13 bits per heavy atom. The Hall–Kier alpha value is -0.540. The van der Waals surface area contributed by atoms with Gasteiger partial charge in [-0.1, -0.05) is 6.42 Å². The lowest BCUT2D eigenvalue weighted by molar-refractivity contribution is 0.228. The van der Waals surface area contributed by atoms with Crippen molar-refractivity contribution >= 4 is 16.3 Å². The second-order valence-corrected chi connectivity index (χ2v) is 5.11. The summed E-state index contributed by atoms with van der Waals surface area (Å²) in [6.07, 6.45) is 5.50. The number of anilines is 1. The van der Waals surface area contributed by atoms with E-state index in [1.54, 1.807) is 11.3 Å². The van der Waals surface area contributed by atoms with Gasteiger partial charge in [-0.25, -0.2) is 0 Å². The van der Waals surface area contributed by atoms with Gasteiger partial charge in [0.2, 0.25) is 0 Å². The maximum atomic E-state index is 3.46. The highest BCUT2D eigenvalue weighted by Crippen LogP contribution is 2.14. The average molecular weight is 224 g/mol. The van der Waals surface area contributed by atoms with Gasteiger partial charge in [0.1, 0.15) is 0 Å². The third-order valence-corrected chi connectivity index (χ3v) is 3.75. The summed E-state index contributed by atoms with van der Waals surface area (Å²) < 4.78 is 0. The van der Waals surface area contributed by atoms with E-state index in [1.165, 1.54) is 50.3 Å². The van der Waals surface area contributed by atoms with E-state index in [1.807, 2.05) is 0 Å². The minimum absolute atomic E-state index is 1.11. The second kappa shape index (κ2) is 6.13. The van der Waals surface area contributed by atoms with Crippen LogP contribution in [0.25, 0.3) is 0 Å². The average Bonchev–Trinajstić information content (AvgIpc) is 2.79. The minimum Gasteiger partial charge on any atom is -0.377 e. The predicted octanol–water partition coefficient (Wildman–Crippen LogP) is 3.04. The summed E-state index contributed by atoms with van der Waals surface area (Å²) in [5.74, 6) is 0. The van der Waals surface area contributed by atoms with Crippen LogP contribution in [-0.2, 0) is 0 Å². The van der Waals surface area contributed by atoms with Crippen molar-refractivity contribution in [2.24, 2.45) is 0 Å². The van der Waals surface area contributed by atoms with Gasteiger partial charge < -0.3 is 10.2 Å². The van der Waals surface area contributed by atoms with E-state index in [-0.39, 0.29) is 0 Å². The number of hydrogen-bond donors (Lipinski definition) is 1. The molecule has 0 radical (unpaired) electrons. The molecule has 15 heavy (non-hydrogen) atoms. The van der Waals surface area contributed by atoms with Crippen molar-refractivity contribution < 1.29 is 0 Å². The highest BCUT2D eigenvalue weighted by molar-refractivity contribution is 7.14. The summed E-state index contributed by atoms with van der Waals surface area (Å²) in [4.78, 5) is 2.60. The predicted molar refractivity (Wildman–Crippen MR) is 67.7 cm³/mol. The van der Waals surface area contributed by atoms with Crippen LogP contribution in [0.2, 0.25) is 0 Å². The molecule has 2 nitrogen and oxygen atoms in total. The van der Waals surface area contributed by atoms with Gasteiger partial charge in [0.05, 0.1) is 5.00 Å². The van der Waals surface area contributed by atoms with Gasteiger partial charge >= 0.3 is 0 Å². The molecule has 0 amide bonds. The summed E-state index contributed by atoms with van der Waals surface area (Å²) in [6.45, 7) is 5.01. The zero-order valence-electron chi connectivity index (χ0n) is 9.24. The molecule has 1 aromatic rings. The van der Waals surface area contributed by atoms with Gasteiger partial charge in [0, 0.05) is 6.54 Å². The number of piperidine rings is 1. The van der Waals surface area contributed by atoms with Crippen molar-refractivity contribution in [3.63, 3.8) is 0 Å². The first kappa shape index (κ1) is 11.0. The Bertz CT molecular complexity index is 253. The van der Waals surface area contributed by atoms with E-state index in [0.29, 0.717) is 0 Å². The molecule has 0 spiro atoms. The molecule has 84 valence electrons. The third-order valence-electron chi connectivity index (χ3n) is 2.92. The molecule has 3 heteroatoms. The molecule has 1 aromatic heterocycles. The maximum Gasteiger partial charge on any atom is 0.0882 e. The van der Waals surface area contributed by atoms with Crippen LogP contribution in [-0.4, -0.2) is 31.1 Å². The fourth-order valence-electron chi connectivity index (χ4n) is 2.08. The van der Waals surface area contributed by atoms with Crippen LogP contribution in [0.5, 0.6) is 0 Å². The van der Waals surface area contributed by atoms with Crippen molar-refractivity contribution in [2.45, 2.75) is 25.7 Å². The van der Waals surface area contributed by atoms with Crippen molar-refractivity contribution in [1.82, 2.24) is 4.90 Å². The third kappa shape index (κ3) is 3.84. The Morgan fingerprint density at radius 1 is 1.27 bits per heavy atom. The summed E-state index contributed by atoms with van der Waals surface area (Å²) in [5, 5.41) is 6.87. The molecule has 0 aliphatic carbocycles. The standard InChI is InChI=1S/C12H20N2S/c1-2-8-14(9-3-1)10-5-7-13-12-6-4-11-15-12/h4,6,11,13H,1-3,5,7-10H2. The molecule has 2 heterocycles. The van der Waals surface area contributed by atoms with Gasteiger partial charge in [-0.3, -0.25) is 0 Å². The topological polar surface area (TPSA) is 15.3 Å². The van der Waals surface area contributed by atoms with Gasteiger partial charge in [-0.15, -0.1) is 11.3 Å². The SMILES string of the molecule is c1csc(NCCCN2CCCCC2)c1. The van der Waals surface area contributed by atoms with Crippen LogP contribution in [0.1, 0.15) is 25.7 Å². The van der Waals surface area contributed by atoms with Crippen molar-refractivity contribution in [2.75, 3.05) is 31.5 Å². The molecule has 2 rings (SSSR count). The van der Waals surface area contributed by atoms with Crippen molar-refractivity contribution in [1.29, 1.82) is 0 Å². The molecule has 0 bridgehead atoms. The zero-order valence-corrected chi connectivity index (χ0v) is 10.1. The van der Waals surface area contributed by atoms with Crippen molar-refractivity contribution in [3.8, 4) is 0 Å². The first-order valence-electron chi connectivity index (χ1n) is 5.95. The van der Waals surface area contributed by atoms with Gasteiger partial charge in [-0.05, 0) is 56.4 Å². The van der Waals surface area contributed by atoms with Crippen molar-refractivity contribution in [3.05, 3.63) is 17.5 Å². The highest BCUT2D eigenvalue weighted by atomic mass is 32.1. The quantitative estimate of drug-likeness (QED) is 0.773. The lowest BCUT2D eigenvalue weighted by Gasteiger charge is -2.26. The lowest BCUT2D eigenvalue weighted by Crippen LogP contribution is -2.31. The van der Waals surface area contributed by atoms with Gasteiger partial charge in [0.15, 0.2) is 0 Å². The van der Waals surface area contributed by atoms with E-state index in [9.17, 15) is 0 Å². The van der Waals surface area contributed by atoms with Crippen LogP contribution in [0, 0.1) is 0 Å². The summed E-state index contributed by atoms with van der Waals surface area (Å²) in [5.41, 5.74) is 0. The Kier molecular flexibility index (Phi) is 4.48. The maximum absolute atomic E-state index is 3.46. The van der Waals surface area contributed by atoms with Crippen LogP contribution >= 0.6 is 11.3 Å². The van der Waals surface area contributed by atoms with E-state index >= 15 is 0 Å². The van der Waals surface area contributed by atoms with Crippen LogP contribution < -0.4 is 5.32 Å². The molecular weight excluding hydrogens is 204 g/mol. The molecule has 1 aliphatic heterocycles. The van der Waals surface area contributed by atoms with E-state index in [2.05, 4.69) is 27.7 Å². The van der Waals surface area contributed by atoms with E-state index in [4.69, 9.17) is 0 Å². The zero-order chi connectivity index (χ0) is 10.3. The van der Waals surface area contributed by atoms with Gasteiger partial charge in [0.25, 0.3) is 0 Å². The lowest BCUT2D eigenvalue weighted by atomic mass is 10.1. The Balaban J connectivity index is 1.54. The smallest absolute Gasteiger partial charge is 0.0882 e. The minimum atomic E-state index is 1.11. The summed E-state index contributed by atoms with van der Waals surface area (Å²) >= 11 is 1.78. The van der Waals surface area contributed by atoms with Crippen LogP contribution in [0.4, 0.5) is 5.00 Å². The monoisotopic (exact) mass is 224 g/mol. The molecule has 1 aliphatic rings. The van der Waals surface area contributed by atoms with Gasteiger partial charge in [-0.2, -0.15) is 0 Å². The van der Waals surface area contributed by atoms with Crippen LogP contribution in [0.15, 0.2) is 17.5 Å². The van der Waals surface area contributed by atoms with E-state index in [0.717, 1.165) is 6.54 Å². The first-order valence-corrected chi connectivity index (χ1v) is 6.83. The Morgan fingerprint density at radius 3 is 2.87 bits per heavy atom. The summed E-state index contributed by atoms with van der Waals surface area (Å²) in [6, 6.07) is 4.24. The van der Waals surface area contributed by atoms with Crippen LogP contribution in [0.3, 0.4) is 0 Å². The number of rotatable bonds is 5. The fourth-order valence-corrected chi connectivity index (χ4v) is 2.72. The number of nitrogens with one attached hydrogen (secondary N) is 1. The molecule has 0 unspecified atom stereocenters. The first-order chi connectivity index (χ1) is 7.45. The number of thiophene rings is 1. The molecule has 0 saturated carbocycles. The molecule has 1 saturated heterocycles.